The Hall–Kier alpha value is -1.61. The monoisotopic (exact) mass is 425 g/mol. The van der Waals surface area contributed by atoms with Crippen LogP contribution in [0.4, 0.5) is 8.78 Å². The van der Waals surface area contributed by atoms with Crippen LogP contribution in [0, 0.1) is 0 Å². The van der Waals surface area contributed by atoms with Crippen molar-refractivity contribution in [3.05, 3.63) is 52.0 Å². The molecule has 26 heavy (non-hydrogen) atoms. The fraction of sp³-hybridized carbons (Fsp3) is 0.250. The predicted octanol–water partition coefficient (Wildman–Crippen LogP) is 4.12. The minimum Gasteiger partial charge on any atom is -0.493 e. The number of ether oxygens (including phenoxy) is 2. The second-order valence-electron chi connectivity index (χ2n) is 5.06. The number of methoxy groups -OCH3 is 1. The van der Waals surface area contributed by atoms with Crippen molar-refractivity contribution in [1.29, 1.82) is 0 Å². The molecule has 0 aliphatic rings. The maximum absolute atomic E-state index is 12.4. The highest BCUT2D eigenvalue weighted by atomic mass is 35.5. The van der Waals surface area contributed by atoms with Crippen LogP contribution in [-0.2, 0) is 16.4 Å². The van der Waals surface area contributed by atoms with E-state index in [1.807, 2.05) is 0 Å². The van der Waals surface area contributed by atoms with Crippen molar-refractivity contribution in [3.8, 4) is 11.5 Å². The second kappa shape index (κ2) is 8.85. The van der Waals surface area contributed by atoms with Gasteiger partial charge in [-0.2, -0.15) is 8.78 Å². The summed E-state index contributed by atoms with van der Waals surface area (Å²) in [4.78, 5) is -0.193. The molecule has 0 saturated carbocycles. The Morgan fingerprint density at radius 3 is 2.35 bits per heavy atom. The minimum absolute atomic E-state index is 0.0140. The van der Waals surface area contributed by atoms with Crippen molar-refractivity contribution in [2.24, 2.45) is 0 Å². The molecule has 0 heterocycles. The number of alkyl halides is 2. The minimum atomic E-state index is -3.90. The number of sulfonamides is 1. The lowest BCUT2D eigenvalue weighted by Crippen LogP contribution is -2.26. The molecule has 10 heteroatoms. The van der Waals surface area contributed by atoms with E-state index in [1.54, 1.807) is 6.07 Å². The van der Waals surface area contributed by atoms with Gasteiger partial charge in [-0.25, -0.2) is 13.1 Å². The molecular formula is C16H15Cl2F2NO4S. The first-order valence-electron chi connectivity index (χ1n) is 7.30. The van der Waals surface area contributed by atoms with Crippen LogP contribution >= 0.6 is 23.2 Å². The summed E-state index contributed by atoms with van der Waals surface area (Å²) in [5, 5.41) is 0.0281. The Bertz CT molecular complexity index is 858. The second-order valence-corrected chi connectivity index (χ2v) is 7.58. The van der Waals surface area contributed by atoms with Crippen LogP contribution in [-0.4, -0.2) is 28.7 Å². The molecule has 0 aromatic heterocycles. The first kappa shape index (κ1) is 20.7. The van der Waals surface area contributed by atoms with E-state index < -0.39 is 16.6 Å². The van der Waals surface area contributed by atoms with Crippen molar-refractivity contribution in [2.45, 2.75) is 17.9 Å². The smallest absolute Gasteiger partial charge is 0.387 e. The molecule has 5 nitrogen and oxygen atoms in total. The van der Waals surface area contributed by atoms with E-state index in [0.717, 1.165) is 0 Å². The van der Waals surface area contributed by atoms with Crippen LogP contribution in [0.2, 0.25) is 10.0 Å². The molecule has 0 unspecified atom stereocenters. The molecule has 2 aromatic rings. The van der Waals surface area contributed by atoms with Gasteiger partial charge in [0.1, 0.15) is 4.90 Å². The van der Waals surface area contributed by atoms with E-state index in [4.69, 9.17) is 27.9 Å². The SMILES string of the molecule is COc1cc(CCNS(=O)(=O)c2c(Cl)cccc2Cl)ccc1OC(F)F. The Kier molecular flexibility index (Phi) is 7.05. The zero-order valence-corrected chi connectivity index (χ0v) is 15.8. The summed E-state index contributed by atoms with van der Waals surface area (Å²) in [5.41, 5.74) is 0.663. The molecule has 142 valence electrons. The summed E-state index contributed by atoms with van der Waals surface area (Å²) in [5.74, 6) is 0.0227. The standard InChI is InChI=1S/C16H15Cl2F2NO4S/c1-24-14-9-10(5-6-13(14)25-16(19)20)7-8-21-26(22,23)15-11(17)3-2-4-12(15)18/h2-6,9,16,21H,7-8H2,1H3. The average molecular weight is 426 g/mol. The van der Waals surface area contributed by atoms with Crippen molar-refractivity contribution < 1.29 is 26.7 Å². The van der Waals surface area contributed by atoms with Gasteiger partial charge in [-0.3, -0.25) is 0 Å². The number of halogens is 4. The zero-order chi connectivity index (χ0) is 19.3. The van der Waals surface area contributed by atoms with Crippen molar-refractivity contribution in [1.82, 2.24) is 4.72 Å². The van der Waals surface area contributed by atoms with Crippen LogP contribution in [0.5, 0.6) is 11.5 Å². The van der Waals surface area contributed by atoms with Crippen molar-refractivity contribution in [3.63, 3.8) is 0 Å². The number of hydrogen-bond donors (Lipinski definition) is 1. The Morgan fingerprint density at radius 2 is 1.77 bits per heavy atom. The number of benzene rings is 2. The maximum atomic E-state index is 12.4. The molecule has 0 radical (unpaired) electrons. The largest absolute Gasteiger partial charge is 0.493 e. The molecule has 0 fully saturated rings. The molecule has 0 bridgehead atoms. The molecule has 0 saturated heterocycles. The van der Waals surface area contributed by atoms with Crippen LogP contribution in [0.25, 0.3) is 0 Å². The fourth-order valence-corrected chi connectivity index (χ4v) is 4.37. The van der Waals surface area contributed by atoms with Gasteiger partial charge >= 0.3 is 6.61 Å². The van der Waals surface area contributed by atoms with Gasteiger partial charge in [-0.15, -0.1) is 0 Å². The van der Waals surface area contributed by atoms with Gasteiger partial charge < -0.3 is 9.47 Å². The first-order valence-corrected chi connectivity index (χ1v) is 9.54. The van der Waals surface area contributed by atoms with Crippen LogP contribution < -0.4 is 14.2 Å². The summed E-state index contributed by atoms with van der Waals surface area (Å²) in [6, 6.07) is 8.76. The van der Waals surface area contributed by atoms with E-state index in [-0.39, 0.29) is 39.4 Å². The van der Waals surface area contributed by atoms with E-state index in [0.29, 0.717) is 5.56 Å². The molecule has 2 rings (SSSR count). The highest BCUT2D eigenvalue weighted by molar-refractivity contribution is 7.89. The third kappa shape index (κ3) is 5.20. The van der Waals surface area contributed by atoms with Gasteiger partial charge in [-0.1, -0.05) is 35.3 Å². The van der Waals surface area contributed by atoms with Gasteiger partial charge in [0.2, 0.25) is 10.0 Å². The fourth-order valence-electron chi connectivity index (χ4n) is 2.20. The van der Waals surface area contributed by atoms with E-state index in [2.05, 4.69) is 9.46 Å². The normalized spacial score (nSPS) is 11.6. The van der Waals surface area contributed by atoms with Gasteiger partial charge in [0.25, 0.3) is 0 Å². The van der Waals surface area contributed by atoms with Crippen LogP contribution in [0.15, 0.2) is 41.3 Å². The maximum Gasteiger partial charge on any atom is 0.387 e. The van der Waals surface area contributed by atoms with Gasteiger partial charge in [0.05, 0.1) is 17.2 Å². The summed E-state index contributed by atoms with van der Waals surface area (Å²) >= 11 is 11.8. The Balaban J connectivity index is 2.07. The Labute approximate surface area is 159 Å². The third-order valence-corrected chi connectivity index (χ3v) is 5.75. The van der Waals surface area contributed by atoms with E-state index >= 15 is 0 Å². The number of nitrogens with one attached hydrogen (secondary N) is 1. The molecule has 0 spiro atoms. The number of hydrogen-bond acceptors (Lipinski definition) is 4. The predicted molar refractivity (Wildman–Crippen MR) is 95.0 cm³/mol. The molecule has 2 aromatic carbocycles. The Morgan fingerprint density at radius 1 is 1.12 bits per heavy atom. The van der Waals surface area contributed by atoms with E-state index in [1.165, 1.54) is 37.4 Å². The average Bonchev–Trinajstić information content (AvgIpc) is 2.55. The first-order chi connectivity index (χ1) is 12.2. The van der Waals surface area contributed by atoms with E-state index in [9.17, 15) is 17.2 Å². The summed E-state index contributed by atoms with van der Waals surface area (Å²) in [7, 11) is -2.58. The third-order valence-electron chi connectivity index (χ3n) is 3.34. The summed E-state index contributed by atoms with van der Waals surface area (Å²) in [6.07, 6.45) is 0.284. The lowest BCUT2D eigenvalue weighted by atomic mass is 10.1. The molecule has 0 aliphatic heterocycles. The molecule has 0 atom stereocenters. The molecule has 0 amide bonds. The topological polar surface area (TPSA) is 64.6 Å². The van der Waals surface area contributed by atoms with Gasteiger partial charge in [0, 0.05) is 6.54 Å². The van der Waals surface area contributed by atoms with Gasteiger partial charge in [-0.05, 0) is 36.2 Å². The molecule has 1 N–H and O–H groups in total. The molecule has 0 aliphatic carbocycles. The highest BCUT2D eigenvalue weighted by Crippen LogP contribution is 2.30. The quantitative estimate of drug-likeness (QED) is 0.690. The summed E-state index contributed by atoms with van der Waals surface area (Å²) in [6.45, 7) is -2.93. The number of rotatable bonds is 8. The summed E-state index contributed by atoms with van der Waals surface area (Å²) < 4.78 is 61.1. The van der Waals surface area contributed by atoms with Crippen LogP contribution in [0.1, 0.15) is 5.56 Å². The van der Waals surface area contributed by atoms with Crippen molar-refractivity contribution >= 4 is 33.2 Å². The van der Waals surface area contributed by atoms with Crippen LogP contribution in [0.3, 0.4) is 0 Å². The lowest BCUT2D eigenvalue weighted by Gasteiger charge is -2.12. The highest BCUT2D eigenvalue weighted by Gasteiger charge is 2.21. The van der Waals surface area contributed by atoms with Gasteiger partial charge in [0.15, 0.2) is 11.5 Å². The van der Waals surface area contributed by atoms with Crippen molar-refractivity contribution in [2.75, 3.05) is 13.7 Å². The zero-order valence-electron chi connectivity index (χ0n) is 13.5. The molecular weight excluding hydrogens is 411 g/mol. The lowest BCUT2D eigenvalue weighted by molar-refractivity contribution is -0.0512.